The van der Waals surface area contributed by atoms with Gasteiger partial charge in [-0.25, -0.2) is 0 Å². The van der Waals surface area contributed by atoms with Crippen molar-refractivity contribution in [3.05, 3.63) is 12.2 Å². The quantitative estimate of drug-likeness (QED) is 0.520. The molecular formula is C16H26O3S. The molecule has 2 heterocycles. The minimum absolute atomic E-state index is 0.279. The number of carboxylic acids is 1. The van der Waals surface area contributed by atoms with Crippen molar-refractivity contribution < 1.29 is 14.6 Å². The summed E-state index contributed by atoms with van der Waals surface area (Å²) in [5.74, 6) is 0.795. The Bertz CT molecular complexity index is 343. The van der Waals surface area contributed by atoms with Gasteiger partial charge in [0, 0.05) is 23.5 Å². The fraction of sp³-hybridized carbons (Fsp3) is 0.812. The van der Waals surface area contributed by atoms with Gasteiger partial charge in [0.25, 0.3) is 0 Å². The van der Waals surface area contributed by atoms with Crippen LogP contribution in [0.4, 0.5) is 0 Å². The molecule has 3 nitrogen and oxygen atoms in total. The number of fused-ring (bicyclic) bond motifs is 2. The van der Waals surface area contributed by atoms with Crippen LogP contribution in [0, 0.1) is 11.8 Å². The van der Waals surface area contributed by atoms with Gasteiger partial charge in [0.2, 0.25) is 0 Å². The van der Waals surface area contributed by atoms with Gasteiger partial charge in [-0.1, -0.05) is 12.2 Å². The standard InChI is InChI=1S/C16H26O3S/c1-2-19-11-13-12(14-9-10-15(13)20-14)7-5-3-4-6-8-16(17)18/h3,5,12-15H,2,4,6-11H2,1H3,(H,17,18)/b5-3-/t12-,13+,14?,15+/m1/s1. The molecule has 4 atom stereocenters. The number of ether oxygens (including phenoxy) is 1. The van der Waals surface area contributed by atoms with Crippen LogP contribution in [0.15, 0.2) is 12.2 Å². The molecule has 4 heteroatoms. The molecule has 0 aromatic carbocycles. The SMILES string of the molecule is CCOC[C@@H]1[C@@H]2CCC(S2)[C@@H]1C/C=C\CCCC(=O)O. The maximum atomic E-state index is 10.4. The van der Waals surface area contributed by atoms with Crippen molar-refractivity contribution in [2.24, 2.45) is 11.8 Å². The minimum Gasteiger partial charge on any atom is -0.481 e. The van der Waals surface area contributed by atoms with Crippen LogP contribution in [0.5, 0.6) is 0 Å². The van der Waals surface area contributed by atoms with Crippen LogP contribution in [0.3, 0.4) is 0 Å². The van der Waals surface area contributed by atoms with Gasteiger partial charge in [-0.15, -0.1) is 0 Å². The van der Waals surface area contributed by atoms with E-state index < -0.39 is 5.97 Å². The van der Waals surface area contributed by atoms with E-state index in [4.69, 9.17) is 9.84 Å². The van der Waals surface area contributed by atoms with Crippen LogP contribution in [-0.4, -0.2) is 34.8 Å². The Hall–Kier alpha value is -0.480. The van der Waals surface area contributed by atoms with Crippen molar-refractivity contribution in [2.75, 3.05) is 13.2 Å². The lowest BCUT2D eigenvalue weighted by atomic mass is 9.78. The largest absolute Gasteiger partial charge is 0.481 e. The molecule has 1 N–H and O–H groups in total. The molecule has 0 spiro atoms. The third-order valence-corrected chi connectivity index (χ3v) is 6.31. The number of aliphatic carboxylic acids is 1. The van der Waals surface area contributed by atoms with Gasteiger partial charge >= 0.3 is 5.97 Å². The minimum atomic E-state index is -0.695. The van der Waals surface area contributed by atoms with Crippen LogP contribution in [0.2, 0.25) is 0 Å². The molecule has 114 valence electrons. The lowest BCUT2D eigenvalue weighted by Crippen LogP contribution is -2.30. The van der Waals surface area contributed by atoms with Crippen LogP contribution >= 0.6 is 11.8 Å². The maximum absolute atomic E-state index is 10.4. The van der Waals surface area contributed by atoms with Crippen molar-refractivity contribution in [2.45, 2.75) is 55.9 Å². The summed E-state index contributed by atoms with van der Waals surface area (Å²) in [5.41, 5.74) is 0. The Morgan fingerprint density at radius 1 is 1.30 bits per heavy atom. The Kier molecular flexibility index (Phi) is 6.43. The lowest BCUT2D eigenvalue weighted by molar-refractivity contribution is -0.137. The third kappa shape index (κ3) is 4.26. The molecule has 0 aromatic heterocycles. The molecule has 2 aliphatic rings. The van der Waals surface area contributed by atoms with E-state index in [2.05, 4.69) is 30.8 Å². The first-order valence-electron chi connectivity index (χ1n) is 7.82. The van der Waals surface area contributed by atoms with Gasteiger partial charge in [0.05, 0.1) is 6.61 Å². The maximum Gasteiger partial charge on any atom is 0.303 e. The highest BCUT2D eigenvalue weighted by molar-refractivity contribution is 8.01. The second-order valence-electron chi connectivity index (χ2n) is 5.77. The second kappa shape index (κ2) is 8.08. The smallest absolute Gasteiger partial charge is 0.303 e. The van der Waals surface area contributed by atoms with Crippen LogP contribution < -0.4 is 0 Å². The molecular weight excluding hydrogens is 272 g/mol. The average molecular weight is 298 g/mol. The molecule has 2 saturated heterocycles. The highest BCUT2D eigenvalue weighted by Crippen LogP contribution is 2.54. The van der Waals surface area contributed by atoms with E-state index in [-0.39, 0.29) is 6.42 Å². The summed E-state index contributed by atoms with van der Waals surface area (Å²) in [4.78, 5) is 10.4. The van der Waals surface area contributed by atoms with Crippen molar-refractivity contribution in [1.29, 1.82) is 0 Å². The normalized spacial score (nSPS) is 32.2. The fourth-order valence-corrected chi connectivity index (χ4v) is 5.41. The van der Waals surface area contributed by atoms with E-state index in [9.17, 15) is 4.79 Å². The highest BCUT2D eigenvalue weighted by atomic mass is 32.2. The van der Waals surface area contributed by atoms with E-state index in [1.165, 1.54) is 12.8 Å². The van der Waals surface area contributed by atoms with Crippen LogP contribution in [0.25, 0.3) is 0 Å². The van der Waals surface area contributed by atoms with Gasteiger partial charge in [-0.2, -0.15) is 11.8 Å². The molecule has 2 fully saturated rings. The summed E-state index contributed by atoms with van der Waals surface area (Å²) in [7, 11) is 0. The Morgan fingerprint density at radius 3 is 2.75 bits per heavy atom. The van der Waals surface area contributed by atoms with Gasteiger partial charge in [0.1, 0.15) is 0 Å². The average Bonchev–Trinajstić information content (AvgIpc) is 3.01. The Labute approximate surface area is 126 Å². The summed E-state index contributed by atoms with van der Waals surface area (Å²) in [6.45, 7) is 3.80. The van der Waals surface area contributed by atoms with Crippen molar-refractivity contribution in [3.8, 4) is 0 Å². The highest BCUT2D eigenvalue weighted by Gasteiger charge is 2.47. The Morgan fingerprint density at radius 2 is 2.05 bits per heavy atom. The first kappa shape index (κ1) is 15.9. The molecule has 20 heavy (non-hydrogen) atoms. The summed E-state index contributed by atoms with van der Waals surface area (Å²) in [6.07, 6.45) is 10.2. The number of hydrogen-bond acceptors (Lipinski definition) is 3. The molecule has 0 amide bonds. The number of thioether (sulfide) groups is 1. The number of carbonyl (C=O) groups is 1. The molecule has 2 bridgehead atoms. The van der Waals surface area contributed by atoms with E-state index in [0.717, 1.165) is 54.8 Å². The summed E-state index contributed by atoms with van der Waals surface area (Å²) in [6, 6.07) is 0. The molecule has 1 unspecified atom stereocenters. The van der Waals surface area contributed by atoms with E-state index in [1.54, 1.807) is 0 Å². The molecule has 0 aromatic rings. The molecule has 2 rings (SSSR count). The van der Waals surface area contributed by atoms with Crippen molar-refractivity contribution >= 4 is 17.7 Å². The summed E-state index contributed by atoms with van der Waals surface area (Å²) >= 11 is 2.18. The fourth-order valence-electron chi connectivity index (χ4n) is 3.42. The first-order valence-corrected chi connectivity index (χ1v) is 8.76. The van der Waals surface area contributed by atoms with Gasteiger partial charge < -0.3 is 9.84 Å². The monoisotopic (exact) mass is 298 g/mol. The lowest BCUT2D eigenvalue weighted by Gasteiger charge is -2.28. The van der Waals surface area contributed by atoms with Gasteiger partial charge in [-0.3, -0.25) is 4.79 Å². The van der Waals surface area contributed by atoms with Crippen molar-refractivity contribution in [1.82, 2.24) is 0 Å². The molecule has 0 aliphatic carbocycles. The zero-order valence-corrected chi connectivity index (χ0v) is 13.1. The number of carboxylic acid groups (broad SMARTS) is 1. The predicted molar refractivity (Wildman–Crippen MR) is 83.1 cm³/mol. The summed E-state index contributed by atoms with van der Waals surface area (Å²) in [5, 5.41) is 10.2. The third-order valence-electron chi connectivity index (χ3n) is 4.44. The molecule has 0 radical (unpaired) electrons. The van der Waals surface area contributed by atoms with Crippen molar-refractivity contribution in [3.63, 3.8) is 0 Å². The van der Waals surface area contributed by atoms with Crippen LogP contribution in [-0.2, 0) is 9.53 Å². The summed E-state index contributed by atoms with van der Waals surface area (Å²) < 4.78 is 5.67. The molecule has 0 saturated carbocycles. The topological polar surface area (TPSA) is 46.5 Å². The van der Waals surface area contributed by atoms with E-state index >= 15 is 0 Å². The number of hydrogen-bond donors (Lipinski definition) is 1. The van der Waals surface area contributed by atoms with Crippen LogP contribution in [0.1, 0.15) is 45.4 Å². The second-order valence-corrected chi connectivity index (χ2v) is 7.25. The zero-order chi connectivity index (χ0) is 14.4. The zero-order valence-electron chi connectivity index (χ0n) is 12.3. The number of allylic oxidation sites excluding steroid dienone is 2. The first-order chi connectivity index (χ1) is 9.72. The van der Waals surface area contributed by atoms with E-state index in [1.807, 2.05) is 0 Å². The number of rotatable bonds is 9. The predicted octanol–water partition coefficient (Wildman–Crippen LogP) is 3.73. The van der Waals surface area contributed by atoms with Gasteiger partial charge in [-0.05, 0) is 50.9 Å². The van der Waals surface area contributed by atoms with Gasteiger partial charge in [0.15, 0.2) is 0 Å². The number of unbranched alkanes of at least 4 members (excludes halogenated alkanes) is 1. The molecule has 2 aliphatic heterocycles. The Balaban J connectivity index is 1.72. The van der Waals surface area contributed by atoms with E-state index in [0.29, 0.717) is 0 Å².